The first-order chi connectivity index (χ1) is 12.5. The fraction of sp³-hybridized carbons (Fsp3) is 0.727. The summed E-state index contributed by atoms with van der Waals surface area (Å²) in [7, 11) is 0. The third-order valence-corrected chi connectivity index (χ3v) is 6.03. The van der Waals surface area contributed by atoms with Crippen LogP contribution in [0.2, 0.25) is 0 Å². The number of rotatable bonds is 7. The Labute approximate surface area is 158 Å². The van der Waals surface area contributed by atoms with Gasteiger partial charge in [-0.15, -0.1) is 0 Å². The molecular weight excluding hydrogens is 328 g/mol. The first kappa shape index (κ1) is 20.7. The van der Waals surface area contributed by atoms with E-state index in [1.165, 1.54) is 37.8 Å². The van der Waals surface area contributed by atoms with Crippen molar-refractivity contribution in [3.63, 3.8) is 0 Å². The lowest BCUT2D eigenvalue weighted by Crippen LogP contribution is -2.40. The maximum absolute atomic E-state index is 12.0. The highest BCUT2D eigenvalue weighted by Gasteiger charge is 2.40. The molecule has 146 valence electrons. The summed E-state index contributed by atoms with van der Waals surface area (Å²) < 4.78 is 11.8. The quantitative estimate of drug-likeness (QED) is 0.345. The monoisotopic (exact) mass is 362 g/mol. The van der Waals surface area contributed by atoms with Crippen LogP contribution in [0.4, 0.5) is 0 Å². The van der Waals surface area contributed by atoms with Crippen molar-refractivity contribution >= 4 is 11.9 Å². The highest BCUT2D eigenvalue weighted by atomic mass is 16.6. The molecule has 2 aliphatic rings. The number of esters is 2. The van der Waals surface area contributed by atoms with Crippen molar-refractivity contribution in [3.05, 3.63) is 25.3 Å². The summed E-state index contributed by atoms with van der Waals surface area (Å²) in [5.74, 6) is -0.685. The van der Waals surface area contributed by atoms with Crippen LogP contribution in [-0.4, -0.2) is 23.1 Å². The first-order valence-electron chi connectivity index (χ1n) is 10.2. The molecule has 0 heterocycles. The number of carbonyl (C=O) groups excluding carboxylic acids is 2. The van der Waals surface area contributed by atoms with Crippen LogP contribution < -0.4 is 0 Å². The van der Waals surface area contributed by atoms with Gasteiger partial charge >= 0.3 is 11.9 Å². The Bertz CT molecular complexity index is 446. The van der Waals surface area contributed by atoms with Crippen molar-refractivity contribution in [2.45, 2.75) is 101 Å². The lowest BCUT2D eigenvalue weighted by molar-refractivity contribution is -0.165. The van der Waals surface area contributed by atoms with E-state index in [0.29, 0.717) is 0 Å². The Morgan fingerprint density at radius 2 is 0.962 bits per heavy atom. The van der Waals surface area contributed by atoms with E-state index in [1.54, 1.807) is 0 Å². The zero-order valence-corrected chi connectivity index (χ0v) is 16.1. The molecular formula is C22H34O4. The highest BCUT2D eigenvalue weighted by Crippen LogP contribution is 2.41. The Morgan fingerprint density at radius 3 is 1.23 bits per heavy atom. The van der Waals surface area contributed by atoms with E-state index in [-0.39, 0.29) is 11.9 Å². The van der Waals surface area contributed by atoms with E-state index >= 15 is 0 Å². The Hall–Kier alpha value is -1.58. The molecule has 0 N–H and O–H groups in total. The summed E-state index contributed by atoms with van der Waals surface area (Å²) in [5, 5.41) is 0. The summed E-state index contributed by atoms with van der Waals surface area (Å²) in [6.07, 6.45) is 16.6. The van der Waals surface area contributed by atoms with Gasteiger partial charge in [-0.1, -0.05) is 38.8 Å². The Balaban J connectivity index is 2.15. The predicted molar refractivity (Wildman–Crippen MR) is 103 cm³/mol. The van der Waals surface area contributed by atoms with Gasteiger partial charge < -0.3 is 9.47 Å². The zero-order chi connectivity index (χ0) is 18.9. The minimum absolute atomic E-state index is 0.343. The average molecular weight is 363 g/mol. The van der Waals surface area contributed by atoms with Crippen molar-refractivity contribution in [2.75, 3.05) is 0 Å². The second kappa shape index (κ2) is 9.94. The molecule has 4 heteroatoms. The van der Waals surface area contributed by atoms with Gasteiger partial charge in [-0.05, 0) is 64.2 Å². The molecule has 2 aliphatic carbocycles. The molecule has 0 aromatic heterocycles. The van der Waals surface area contributed by atoms with E-state index < -0.39 is 11.2 Å². The van der Waals surface area contributed by atoms with Gasteiger partial charge in [0, 0.05) is 12.2 Å². The molecule has 0 spiro atoms. The fourth-order valence-corrected chi connectivity index (χ4v) is 4.52. The van der Waals surface area contributed by atoms with E-state index in [9.17, 15) is 9.59 Å². The maximum atomic E-state index is 12.0. The molecule has 0 aromatic rings. The second-order valence-corrected chi connectivity index (χ2v) is 7.94. The van der Waals surface area contributed by atoms with Gasteiger partial charge in [0.2, 0.25) is 0 Å². The molecule has 26 heavy (non-hydrogen) atoms. The number of ether oxygens (including phenoxy) is 2. The van der Waals surface area contributed by atoms with Gasteiger partial charge in [0.05, 0.1) is 0 Å². The van der Waals surface area contributed by atoms with E-state index in [0.717, 1.165) is 64.2 Å². The van der Waals surface area contributed by atoms with E-state index in [4.69, 9.17) is 9.47 Å². The highest BCUT2D eigenvalue weighted by molar-refractivity contribution is 5.82. The van der Waals surface area contributed by atoms with Crippen LogP contribution in [0.5, 0.6) is 0 Å². The van der Waals surface area contributed by atoms with Gasteiger partial charge in [-0.25, -0.2) is 9.59 Å². The SMILES string of the molecule is C=CC(=O)OC1(CCC2(OC(=O)C=C)CCCCCC2)CCCCCC1. The minimum atomic E-state index is -0.443. The Morgan fingerprint density at radius 1 is 0.654 bits per heavy atom. The lowest BCUT2D eigenvalue weighted by Gasteiger charge is -2.38. The lowest BCUT2D eigenvalue weighted by atomic mass is 9.81. The Kier molecular flexibility index (Phi) is 7.92. The van der Waals surface area contributed by atoms with E-state index in [2.05, 4.69) is 13.2 Å². The molecule has 0 unspecified atom stereocenters. The van der Waals surface area contributed by atoms with Crippen LogP contribution in [0, 0.1) is 0 Å². The molecule has 0 aromatic carbocycles. The third kappa shape index (κ3) is 6.00. The normalized spacial score (nSPS) is 22.3. The van der Waals surface area contributed by atoms with Crippen LogP contribution in [-0.2, 0) is 19.1 Å². The molecule has 2 fully saturated rings. The molecule has 0 bridgehead atoms. The van der Waals surface area contributed by atoms with Crippen molar-refractivity contribution in [1.82, 2.24) is 0 Å². The van der Waals surface area contributed by atoms with Crippen molar-refractivity contribution in [2.24, 2.45) is 0 Å². The summed E-state index contributed by atoms with van der Waals surface area (Å²) in [5.41, 5.74) is -0.886. The minimum Gasteiger partial charge on any atom is -0.456 e. The van der Waals surface area contributed by atoms with Gasteiger partial charge in [-0.2, -0.15) is 0 Å². The van der Waals surface area contributed by atoms with Gasteiger partial charge in [0.25, 0.3) is 0 Å². The average Bonchev–Trinajstić information content (AvgIpc) is 3.01. The molecule has 0 amide bonds. The molecule has 0 aliphatic heterocycles. The van der Waals surface area contributed by atoms with Crippen LogP contribution >= 0.6 is 0 Å². The molecule has 4 nitrogen and oxygen atoms in total. The molecule has 2 rings (SSSR count). The third-order valence-electron chi connectivity index (χ3n) is 6.03. The topological polar surface area (TPSA) is 52.6 Å². The standard InChI is InChI=1S/C22H34O4/c1-3-19(23)25-21(13-9-5-6-10-14-21)17-18-22(26-20(24)4-2)15-11-7-8-12-16-22/h3-4H,1-2,5-18H2. The summed E-state index contributed by atoms with van der Waals surface area (Å²) >= 11 is 0. The largest absolute Gasteiger partial charge is 0.456 e. The summed E-state index contributed by atoms with van der Waals surface area (Å²) in [4.78, 5) is 23.9. The van der Waals surface area contributed by atoms with Crippen LogP contribution in [0.3, 0.4) is 0 Å². The smallest absolute Gasteiger partial charge is 0.330 e. The fourth-order valence-electron chi connectivity index (χ4n) is 4.52. The first-order valence-corrected chi connectivity index (χ1v) is 10.2. The van der Waals surface area contributed by atoms with Gasteiger partial charge in [-0.3, -0.25) is 0 Å². The van der Waals surface area contributed by atoms with Crippen molar-refractivity contribution < 1.29 is 19.1 Å². The van der Waals surface area contributed by atoms with Crippen LogP contribution in [0.15, 0.2) is 25.3 Å². The second-order valence-electron chi connectivity index (χ2n) is 7.94. The molecule has 0 atom stereocenters. The molecule has 2 saturated carbocycles. The predicted octanol–water partition coefficient (Wildman–Crippen LogP) is 5.41. The van der Waals surface area contributed by atoms with Crippen molar-refractivity contribution in [1.29, 1.82) is 0 Å². The zero-order valence-electron chi connectivity index (χ0n) is 16.1. The molecule has 0 radical (unpaired) electrons. The van der Waals surface area contributed by atoms with Crippen molar-refractivity contribution in [3.8, 4) is 0 Å². The summed E-state index contributed by atoms with van der Waals surface area (Å²) in [6.45, 7) is 7.10. The van der Waals surface area contributed by atoms with Gasteiger partial charge in [0.15, 0.2) is 0 Å². The number of hydrogen-bond donors (Lipinski definition) is 0. The van der Waals surface area contributed by atoms with Crippen LogP contribution in [0.1, 0.15) is 89.9 Å². The van der Waals surface area contributed by atoms with Gasteiger partial charge in [0.1, 0.15) is 11.2 Å². The maximum Gasteiger partial charge on any atom is 0.330 e. The number of carbonyl (C=O) groups is 2. The van der Waals surface area contributed by atoms with Crippen LogP contribution in [0.25, 0.3) is 0 Å². The van der Waals surface area contributed by atoms with E-state index in [1.807, 2.05) is 0 Å². The molecule has 0 saturated heterocycles. The summed E-state index contributed by atoms with van der Waals surface area (Å²) in [6, 6.07) is 0. The number of hydrogen-bond acceptors (Lipinski definition) is 4.